The van der Waals surface area contributed by atoms with E-state index in [2.05, 4.69) is 0 Å². The number of rotatable bonds is 8. The molecule has 1 saturated heterocycles. The number of ketones is 1. The van der Waals surface area contributed by atoms with Gasteiger partial charge in [-0.2, -0.15) is 0 Å². The summed E-state index contributed by atoms with van der Waals surface area (Å²) < 4.78 is 28.4. The van der Waals surface area contributed by atoms with Crippen LogP contribution in [0.3, 0.4) is 0 Å². The summed E-state index contributed by atoms with van der Waals surface area (Å²) in [6.07, 6.45) is 1.50. The number of amides is 1. The van der Waals surface area contributed by atoms with Crippen molar-refractivity contribution in [3.05, 3.63) is 113 Å². The van der Waals surface area contributed by atoms with Gasteiger partial charge < -0.3 is 33.4 Å². The highest BCUT2D eigenvalue weighted by Crippen LogP contribution is 2.43. The molecule has 0 bridgehead atoms. The average molecular weight is 554 g/mol. The highest BCUT2D eigenvalue weighted by Gasteiger charge is 2.46. The first kappa shape index (κ1) is 26.1. The number of nitrogens with zero attached hydrogens (tertiary/aromatic N) is 1. The number of benzene rings is 3. The number of carbonyl (C=O) groups is 2. The first-order valence-corrected chi connectivity index (χ1v) is 13.1. The summed E-state index contributed by atoms with van der Waals surface area (Å²) in [5.74, 6) is 0.505. The van der Waals surface area contributed by atoms with Gasteiger partial charge in [0.2, 0.25) is 0 Å². The Morgan fingerprint density at radius 1 is 0.927 bits per heavy atom. The molecule has 1 N–H and O–H groups in total. The van der Waals surface area contributed by atoms with E-state index in [9.17, 15) is 14.7 Å². The minimum atomic E-state index is -0.926. The fraction of sp³-hybridized carbons (Fsp3) is 0.188. The van der Waals surface area contributed by atoms with Crippen LogP contribution in [0.2, 0.25) is 0 Å². The van der Waals surface area contributed by atoms with E-state index < -0.39 is 17.7 Å². The second-order valence-electron chi connectivity index (χ2n) is 9.55. The average Bonchev–Trinajstić information content (AvgIpc) is 3.62. The number of hydrogen-bond acceptors (Lipinski definition) is 8. The molecule has 0 unspecified atom stereocenters. The van der Waals surface area contributed by atoms with Crippen molar-refractivity contribution in [3.8, 4) is 23.0 Å². The van der Waals surface area contributed by atoms with Crippen LogP contribution in [0.4, 0.5) is 0 Å². The van der Waals surface area contributed by atoms with Crippen molar-refractivity contribution in [1.82, 2.24) is 4.90 Å². The Morgan fingerprint density at radius 2 is 1.73 bits per heavy atom. The Labute approximate surface area is 236 Å². The maximum atomic E-state index is 13.5. The molecule has 3 aromatic carbocycles. The van der Waals surface area contributed by atoms with Crippen molar-refractivity contribution in [2.24, 2.45) is 0 Å². The second-order valence-corrected chi connectivity index (χ2v) is 9.55. The van der Waals surface area contributed by atoms with Crippen molar-refractivity contribution in [1.29, 1.82) is 0 Å². The van der Waals surface area contributed by atoms with Crippen LogP contribution in [0.5, 0.6) is 23.0 Å². The predicted octanol–water partition coefficient (Wildman–Crippen LogP) is 5.26. The quantitative estimate of drug-likeness (QED) is 0.179. The van der Waals surface area contributed by atoms with E-state index in [0.29, 0.717) is 59.7 Å². The van der Waals surface area contributed by atoms with Crippen molar-refractivity contribution >= 4 is 17.4 Å². The van der Waals surface area contributed by atoms with Gasteiger partial charge in [0.05, 0.1) is 31.5 Å². The standard InChI is InChI=1S/C32H27NO8/c1-37-26-16-21(9-11-24(26)41-19-20-6-3-2-4-7-20)29-28(31(35)32(36)33(29)18-23-8-5-13-38-23)30(34)22-10-12-25-27(17-22)40-15-14-39-25/h2-13,16-17,29,34H,14-15,18-19H2,1H3/t29-/m0/s1. The Balaban J connectivity index is 1.41. The van der Waals surface area contributed by atoms with E-state index in [1.54, 1.807) is 48.5 Å². The maximum Gasteiger partial charge on any atom is 0.296 e. The van der Waals surface area contributed by atoms with E-state index >= 15 is 0 Å². The van der Waals surface area contributed by atoms with E-state index in [1.165, 1.54) is 18.3 Å². The van der Waals surface area contributed by atoms with Gasteiger partial charge in [0, 0.05) is 5.56 Å². The first-order valence-electron chi connectivity index (χ1n) is 13.1. The lowest BCUT2D eigenvalue weighted by Gasteiger charge is -2.25. The Kier molecular flexibility index (Phi) is 7.08. The van der Waals surface area contributed by atoms with Crippen LogP contribution < -0.4 is 18.9 Å². The van der Waals surface area contributed by atoms with Crippen molar-refractivity contribution in [2.75, 3.05) is 20.3 Å². The molecule has 4 aromatic rings. The molecule has 6 rings (SSSR count). The number of ether oxygens (including phenoxy) is 4. The molecule has 1 aromatic heterocycles. The van der Waals surface area contributed by atoms with Crippen LogP contribution in [0, 0.1) is 0 Å². The molecule has 1 atom stereocenters. The molecular formula is C32H27NO8. The molecule has 0 spiro atoms. The Hall–Kier alpha value is -5.18. The summed E-state index contributed by atoms with van der Waals surface area (Å²) in [5, 5.41) is 11.5. The highest BCUT2D eigenvalue weighted by molar-refractivity contribution is 6.46. The third kappa shape index (κ3) is 5.09. The minimum absolute atomic E-state index is 0.0226. The Morgan fingerprint density at radius 3 is 2.49 bits per heavy atom. The van der Waals surface area contributed by atoms with Crippen molar-refractivity contribution in [2.45, 2.75) is 19.2 Å². The normalized spacial score (nSPS) is 17.5. The maximum absolute atomic E-state index is 13.5. The molecule has 0 aliphatic carbocycles. The van der Waals surface area contributed by atoms with Crippen LogP contribution in [-0.2, 0) is 22.7 Å². The summed E-state index contributed by atoms with van der Waals surface area (Å²) in [6, 6.07) is 22.3. The Bertz CT molecular complexity index is 1610. The SMILES string of the molecule is COc1cc([C@H]2C(=C(O)c3ccc4c(c3)OCCO4)C(=O)C(=O)N2Cc2ccco2)ccc1OCc1ccccc1. The number of furan rings is 1. The van der Waals surface area contributed by atoms with Crippen LogP contribution in [-0.4, -0.2) is 42.0 Å². The van der Waals surface area contributed by atoms with Gasteiger partial charge in [-0.15, -0.1) is 0 Å². The summed E-state index contributed by atoms with van der Waals surface area (Å²) in [6.45, 7) is 1.14. The number of likely N-dealkylation sites (tertiary alicyclic amines) is 1. The van der Waals surface area contributed by atoms with Crippen LogP contribution in [0.1, 0.15) is 28.5 Å². The molecule has 1 fully saturated rings. The summed E-state index contributed by atoms with van der Waals surface area (Å²) in [5.41, 5.74) is 1.81. The fourth-order valence-corrected chi connectivity index (χ4v) is 5.02. The molecule has 9 heteroatoms. The molecule has 3 heterocycles. The minimum Gasteiger partial charge on any atom is -0.507 e. The third-order valence-electron chi connectivity index (χ3n) is 7.00. The molecule has 0 saturated carbocycles. The van der Waals surface area contributed by atoms with Gasteiger partial charge in [-0.25, -0.2) is 0 Å². The first-order chi connectivity index (χ1) is 20.0. The van der Waals surface area contributed by atoms with E-state index in [4.69, 9.17) is 23.4 Å². The molecular weight excluding hydrogens is 526 g/mol. The number of aliphatic hydroxyl groups is 1. The van der Waals surface area contributed by atoms with Gasteiger partial charge in [-0.1, -0.05) is 36.4 Å². The zero-order valence-electron chi connectivity index (χ0n) is 22.2. The van der Waals surface area contributed by atoms with E-state index in [0.717, 1.165) is 5.56 Å². The van der Waals surface area contributed by atoms with Gasteiger partial charge >= 0.3 is 0 Å². The number of hydrogen-bond donors (Lipinski definition) is 1. The lowest BCUT2D eigenvalue weighted by atomic mass is 9.94. The summed E-state index contributed by atoms with van der Waals surface area (Å²) in [7, 11) is 1.52. The largest absolute Gasteiger partial charge is 0.507 e. The van der Waals surface area contributed by atoms with E-state index in [-0.39, 0.29) is 17.9 Å². The highest BCUT2D eigenvalue weighted by atomic mass is 16.6. The molecule has 2 aliphatic heterocycles. The van der Waals surface area contributed by atoms with E-state index in [1.807, 2.05) is 30.3 Å². The van der Waals surface area contributed by atoms with Gasteiger partial charge in [0.25, 0.3) is 11.7 Å². The monoisotopic (exact) mass is 553 g/mol. The smallest absolute Gasteiger partial charge is 0.296 e. The zero-order valence-corrected chi connectivity index (χ0v) is 22.2. The van der Waals surface area contributed by atoms with Gasteiger partial charge in [-0.05, 0) is 53.6 Å². The summed E-state index contributed by atoms with van der Waals surface area (Å²) in [4.78, 5) is 28.2. The summed E-state index contributed by atoms with van der Waals surface area (Å²) >= 11 is 0. The molecule has 41 heavy (non-hydrogen) atoms. The lowest BCUT2D eigenvalue weighted by Crippen LogP contribution is -2.29. The third-order valence-corrected chi connectivity index (χ3v) is 7.00. The van der Waals surface area contributed by atoms with Gasteiger partial charge in [0.1, 0.15) is 31.3 Å². The van der Waals surface area contributed by atoms with Crippen molar-refractivity contribution in [3.63, 3.8) is 0 Å². The molecule has 9 nitrogen and oxygen atoms in total. The van der Waals surface area contributed by atoms with Gasteiger partial charge in [0.15, 0.2) is 23.0 Å². The number of Topliss-reactive ketones (excluding diaryl/α,β-unsaturated/α-hetero) is 1. The lowest BCUT2D eigenvalue weighted by molar-refractivity contribution is -0.140. The molecule has 1 amide bonds. The molecule has 208 valence electrons. The molecule has 0 radical (unpaired) electrons. The topological polar surface area (TPSA) is 108 Å². The fourth-order valence-electron chi connectivity index (χ4n) is 5.02. The number of carbonyl (C=O) groups excluding carboxylic acids is 2. The van der Waals surface area contributed by atoms with Crippen LogP contribution in [0.15, 0.2) is 95.1 Å². The number of methoxy groups -OCH3 is 1. The van der Waals surface area contributed by atoms with Crippen LogP contribution >= 0.6 is 0 Å². The van der Waals surface area contributed by atoms with Gasteiger partial charge in [-0.3, -0.25) is 9.59 Å². The number of aliphatic hydroxyl groups excluding tert-OH is 1. The zero-order chi connectivity index (χ0) is 28.3. The van der Waals surface area contributed by atoms with Crippen LogP contribution in [0.25, 0.3) is 5.76 Å². The van der Waals surface area contributed by atoms with Crippen molar-refractivity contribution < 1.29 is 38.1 Å². The molecule has 2 aliphatic rings. The second kappa shape index (κ2) is 11.1. The predicted molar refractivity (Wildman–Crippen MR) is 148 cm³/mol. The number of fused-ring (bicyclic) bond motifs is 1.